The van der Waals surface area contributed by atoms with E-state index in [2.05, 4.69) is 30.2 Å². The first-order chi connectivity index (χ1) is 7.61. The molecule has 0 aliphatic carbocycles. The van der Waals surface area contributed by atoms with Gasteiger partial charge in [-0.1, -0.05) is 11.6 Å². The Morgan fingerprint density at radius 3 is 2.81 bits per heavy atom. The van der Waals surface area contributed by atoms with Crippen LogP contribution in [-0.2, 0) is 4.74 Å². The number of halogens is 1. The van der Waals surface area contributed by atoms with Crippen LogP contribution in [0.2, 0.25) is 0 Å². The molecule has 86 valence electrons. The number of aryl methyl sites for hydroxylation is 2. The summed E-state index contributed by atoms with van der Waals surface area (Å²) in [4.78, 5) is 6.57. The summed E-state index contributed by atoms with van der Waals surface area (Å²) in [6, 6.07) is 2.60. The maximum atomic E-state index is 6.16. The maximum absolute atomic E-state index is 6.16. The number of thiophene rings is 1. The van der Waals surface area contributed by atoms with Gasteiger partial charge >= 0.3 is 0 Å². The molecule has 0 radical (unpaired) electrons. The average Bonchev–Trinajstić information content (AvgIpc) is 2.58. The van der Waals surface area contributed by atoms with Crippen molar-refractivity contribution in [2.45, 2.75) is 19.9 Å². The molecule has 1 unspecified atom stereocenters. The number of hydrogen-bond donors (Lipinski definition) is 1. The first-order valence-corrected chi connectivity index (χ1v) is 6.12. The highest BCUT2D eigenvalue weighted by Crippen LogP contribution is 2.33. The molecule has 1 N–H and O–H groups in total. The van der Waals surface area contributed by atoms with Gasteiger partial charge in [-0.2, -0.15) is 0 Å². The summed E-state index contributed by atoms with van der Waals surface area (Å²) in [6.07, 6.45) is 1.63. The Morgan fingerprint density at radius 2 is 2.25 bits per heavy atom. The Balaban J connectivity index is 2.33. The SMILES string of the molecule is COC1=NC=C(Cl)C(c2cc(C)sc2C)N1. The molecule has 0 saturated heterocycles. The first-order valence-electron chi connectivity index (χ1n) is 4.92. The summed E-state index contributed by atoms with van der Waals surface area (Å²) in [5, 5.41) is 3.84. The van der Waals surface area contributed by atoms with E-state index in [0.29, 0.717) is 11.1 Å². The van der Waals surface area contributed by atoms with E-state index < -0.39 is 0 Å². The fourth-order valence-corrected chi connectivity index (χ4v) is 2.88. The van der Waals surface area contributed by atoms with E-state index >= 15 is 0 Å². The quantitative estimate of drug-likeness (QED) is 0.838. The Bertz CT molecular complexity index is 465. The van der Waals surface area contributed by atoms with Crippen molar-refractivity contribution < 1.29 is 4.74 Å². The van der Waals surface area contributed by atoms with Gasteiger partial charge in [0.1, 0.15) is 0 Å². The van der Waals surface area contributed by atoms with Crippen molar-refractivity contribution in [1.82, 2.24) is 5.32 Å². The largest absolute Gasteiger partial charge is 0.468 e. The number of aliphatic imine (C=N–C) groups is 1. The molecule has 2 rings (SSSR count). The minimum absolute atomic E-state index is 0.0425. The topological polar surface area (TPSA) is 33.6 Å². The van der Waals surface area contributed by atoms with Crippen molar-refractivity contribution in [2.24, 2.45) is 4.99 Å². The normalized spacial score (nSPS) is 19.9. The lowest BCUT2D eigenvalue weighted by molar-refractivity contribution is 0.372. The minimum Gasteiger partial charge on any atom is -0.468 e. The van der Waals surface area contributed by atoms with Gasteiger partial charge in [0.15, 0.2) is 0 Å². The predicted octanol–water partition coefficient (Wildman–Crippen LogP) is 3.09. The number of methoxy groups -OCH3 is 1. The van der Waals surface area contributed by atoms with Gasteiger partial charge in [0.05, 0.1) is 18.2 Å². The Labute approximate surface area is 104 Å². The van der Waals surface area contributed by atoms with Crippen LogP contribution in [0.1, 0.15) is 21.4 Å². The van der Waals surface area contributed by atoms with Crippen LogP contribution in [-0.4, -0.2) is 13.1 Å². The van der Waals surface area contributed by atoms with Crippen LogP contribution in [0.4, 0.5) is 0 Å². The van der Waals surface area contributed by atoms with Crippen LogP contribution in [0.25, 0.3) is 0 Å². The highest BCUT2D eigenvalue weighted by Gasteiger charge is 2.23. The molecule has 2 heterocycles. The summed E-state index contributed by atoms with van der Waals surface area (Å²) < 4.78 is 5.08. The molecule has 0 aromatic carbocycles. The Morgan fingerprint density at radius 1 is 1.50 bits per heavy atom. The van der Waals surface area contributed by atoms with E-state index in [4.69, 9.17) is 16.3 Å². The maximum Gasteiger partial charge on any atom is 0.289 e. The Hall–Kier alpha value is -1.00. The zero-order valence-corrected chi connectivity index (χ0v) is 10.9. The fraction of sp³-hybridized carbons (Fsp3) is 0.364. The van der Waals surface area contributed by atoms with Crippen molar-refractivity contribution in [3.05, 3.63) is 32.6 Å². The van der Waals surface area contributed by atoms with E-state index in [0.717, 1.165) is 0 Å². The molecular formula is C11H13ClN2OS. The molecule has 0 saturated carbocycles. The van der Waals surface area contributed by atoms with Gasteiger partial charge < -0.3 is 10.1 Å². The van der Waals surface area contributed by atoms with Crippen molar-refractivity contribution in [1.29, 1.82) is 0 Å². The number of nitrogens with one attached hydrogen (secondary N) is 1. The lowest BCUT2D eigenvalue weighted by Gasteiger charge is -2.22. The van der Waals surface area contributed by atoms with Gasteiger partial charge in [-0.25, -0.2) is 4.99 Å². The number of hydrogen-bond acceptors (Lipinski definition) is 4. The smallest absolute Gasteiger partial charge is 0.289 e. The molecular weight excluding hydrogens is 244 g/mol. The first kappa shape index (κ1) is 11.5. The lowest BCUT2D eigenvalue weighted by Crippen LogP contribution is -2.32. The number of ether oxygens (including phenoxy) is 1. The highest BCUT2D eigenvalue weighted by molar-refractivity contribution is 7.12. The molecule has 1 aliphatic heterocycles. The van der Waals surface area contributed by atoms with E-state index in [1.165, 1.54) is 15.3 Å². The van der Waals surface area contributed by atoms with Crippen LogP contribution in [0.15, 0.2) is 22.3 Å². The minimum atomic E-state index is -0.0425. The standard InChI is InChI=1S/C11H13ClN2OS/c1-6-4-8(7(2)16-6)10-9(12)5-13-11(14-10)15-3/h4-5,10H,1-3H3,(H,13,14). The third kappa shape index (κ3) is 2.08. The molecule has 0 bridgehead atoms. The van der Waals surface area contributed by atoms with Gasteiger partial charge in [0.25, 0.3) is 6.02 Å². The van der Waals surface area contributed by atoms with Gasteiger partial charge in [-0.15, -0.1) is 11.3 Å². The van der Waals surface area contributed by atoms with Gasteiger partial charge in [0, 0.05) is 16.0 Å². The van der Waals surface area contributed by atoms with Crippen LogP contribution >= 0.6 is 22.9 Å². The van der Waals surface area contributed by atoms with Crippen molar-refractivity contribution in [2.75, 3.05) is 7.11 Å². The van der Waals surface area contributed by atoms with Gasteiger partial charge in [-0.3, -0.25) is 0 Å². The fourth-order valence-electron chi connectivity index (χ4n) is 1.70. The van der Waals surface area contributed by atoms with Crippen molar-refractivity contribution >= 4 is 29.0 Å². The number of nitrogens with zero attached hydrogens (tertiary/aromatic N) is 1. The van der Waals surface area contributed by atoms with E-state index in [1.54, 1.807) is 24.6 Å². The molecule has 1 aliphatic rings. The molecule has 1 aromatic heterocycles. The van der Waals surface area contributed by atoms with Gasteiger partial charge in [-0.05, 0) is 25.5 Å². The third-order valence-corrected chi connectivity index (χ3v) is 3.73. The van der Waals surface area contributed by atoms with E-state index in [-0.39, 0.29) is 6.04 Å². The molecule has 16 heavy (non-hydrogen) atoms. The zero-order chi connectivity index (χ0) is 11.7. The molecule has 1 aromatic rings. The second kappa shape index (κ2) is 4.47. The second-order valence-corrected chi connectivity index (χ2v) is 5.50. The highest BCUT2D eigenvalue weighted by atomic mass is 35.5. The number of rotatable bonds is 1. The van der Waals surface area contributed by atoms with Gasteiger partial charge in [0.2, 0.25) is 0 Å². The summed E-state index contributed by atoms with van der Waals surface area (Å²) >= 11 is 7.93. The van der Waals surface area contributed by atoms with Crippen molar-refractivity contribution in [3.8, 4) is 0 Å². The lowest BCUT2D eigenvalue weighted by atomic mass is 10.1. The molecule has 0 spiro atoms. The summed E-state index contributed by atoms with van der Waals surface area (Å²) in [7, 11) is 1.59. The van der Waals surface area contributed by atoms with Crippen LogP contribution < -0.4 is 5.32 Å². The van der Waals surface area contributed by atoms with Crippen LogP contribution in [0, 0.1) is 13.8 Å². The van der Waals surface area contributed by atoms with Crippen LogP contribution in [0.5, 0.6) is 0 Å². The molecule has 0 fully saturated rings. The second-order valence-electron chi connectivity index (χ2n) is 3.60. The third-order valence-electron chi connectivity index (χ3n) is 2.43. The molecule has 1 atom stereocenters. The average molecular weight is 257 g/mol. The molecule has 0 amide bonds. The summed E-state index contributed by atoms with van der Waals surface area (Å²) in [5.74, 6) is 0. The molecule has 5 heteroatoms. The monoisotopic (exact) mass is 256 g/mol. The predicted molar refractivity (Wildman–Crippen MR) is 68.0 cm³/mol. The van der Waals surface area contributed by atoms with E-state index in [1.807, 2.05) is 0 Å². The number of amidine groups is 1. The van der Waals surface area contributed by atoms with E-state index in [9.17, 15) is 0 Å². The summed E-state index contributed by atoms with van der Waals surface area (Å²) in [5.41, 5.74) is 1.19. The van der Waals surface area contributed by atoms with Crippen LogP contribution in [0.3, 0.4) is 0 Å². The van der Waals surface area contributed by atoms with Crippen molar-refractivity contribution in [3.63, 3.8) is 0 Å². The summed E-state index contributed by atoms with van der Waals surface area (Å²) in [6.45, 7) is 4.18. The Kier molecular flexibility index (Phi) is 3.21. The molecule has 3 nitrogen and oxygen atoms in total. The zero-order valence-electron chi connectivity index (χ0n) is 9.37.